The van der Waals surface area contributed by atoms with Gasteiger partial charge < -0.3 is 5.11 Å². The Labute approximate surface area is 116 Å². The fourth-order valence-corrected chi connectivity index (χ4v) is 2.33. The van der Waals surface area contributed by atoms with E-state index in [2.05, 4.69) is 26.0 Å². The molecule has 0 radical (unpaired) electrons. The molecule has 0 saturated heterocycles. The van der Waals surface area contributed by atoms with E-state index >= 15 is 0 Å². The van der Waals surface area contributed by atoms with Crippen LogP contribution in [0.4, 0.5) is 4.39 Å². The van der Waals surface area contributed by atoms with Crippen molar-refractivity contribution in [2.75, 3.05) is 0 Å². The van der Waals surface area contributed by atoms with Gasteiger partial charge in [0.15, 0.2) is 0 Å². The van der Waals surface area contributed by atoms with Gasteiger partial charge in [0.25, 0.3) is 0 Å². The molecular formula is C13H9BrFN3O. The van der Waals surface area contributed by atoms with E-state index in [1.807, 2.05) is 0 Å². The maximum atomic E-state index is 13.8. The first-order valence-electron chi connectivity index (χ1n) is 5.57. The van der Waals surface area contributed by atoms with Crippen molar-refractivity contribution >= 4 is 21.4 Å². The summed E-state index contributed by atoms with van der Waals surface area (Å²) in [7, 11) is 0. The van der Waals surface area contributed by atoms with Crippen molar-refractivity contribution in [1.82, 2.24) is 14.6 Å². The SMILES string of the molecule is OC(c1cc(Br)ccc1F)c1cnn2ccncc12. The molecule has 0 amide bonds. The number of aliphatic hydroxyl groups is 1. The number of fused-ring (bicyclic) bond motifs is 1. The lowest BCUT2D eigenvalue weighted by molar-refractivity contribution is 0.216. The van der Waals surface area contributed by atoms with Gasteiger partial charge in [-0.2, -0.15) is 5.10 Å². The van der Waals surface area contributed by atoms with Crippen LogP contribution >= 0.6 is 15.9 Å². The molecule has 4 nitrogen and oxygen atoms in total. The predicted octanol–water partition coefficient (Wildman–Crippen LogP) is 2.71. The fraction of sp³-hybridized carbons (Fsp3) is 0.0769. The number of halogens is 2. The van der Waals surface area contributed by atoms with Crippen LogP contribution in [-0.2, 0) is 0 Å². The molecule has 0 fully saturated rings. The van der Waals surface area contributed by atoms with E-state index in [1.54, 1.807) is 35.2 Å². The summed E-state index contributed by atoms with van der Waals surface area (Å²) in [5.41, 5.74) is 1.37. The van der Waals surface area contributed by atoms with Crippen molar-refractivity contribution in [1.29, 1.82) is 0 Å². The highest BCUT2D eigenvalue weighted by atomic mass is 79.9. The lowest BCUT2D eigenvalue weighted by Gasteiger charge is -2.11. The molecule has 2 heterocycles. The molecule has 1 N–H and O–H groups in total. The van der Waals surface area contributed by atoms with E-state index in [0.29, 0.717) is 15.6 Å². The van der Waals surface area contributed by atoms with Gasteiger partial charge >= 0.3 is 0 Å². The quantitative estimate of drug-likeness (QED) is 0.789. The zero-order valence-corrected chi connectivity index (χ0v) is 11.2. The van der Waals surface area contributed by atoms with Crippen LogP contribution in [0.15, 0.2) is 47.5 Å². The van der Waals surface area contributed by atoms with Crippen LogP contribution in [0.5, 0.6) is 0 Å². The molecule has 1 unspecified atom stereocenters. The number of hydrogen-bond donors (Lipinski definition) is 1. The average Bonchev–Trinajstić information content (AvgIpc) is 2.84. The molecule has 19 heavy (non-hydrogen) atoms. The summed E-state index contributed by atoms with van der Waals surface area (Å²) in [5, 5.41) is 14.4. The minimum atomic E-state index is -1.08. The van der Waals surface area contributed by atoms with Gasteiger partial charge in [0.05, 0.1) is 17.9 Å². The Balaban J connectivity index is 2.13. The molecule has 0 aliphatic rings. The average molecular weight is 322 g/mol. The number of aliphatic hydroxyl groups excluding tert-OH is 1. The van der Waals surface area contributed by atoms with E-state index in [-0.39, 0.29) is 5.56 Å². The number of benzene rings is 1. The zero-order valence-electron chi connectivity index (χ0n) is 9.66. The second-order valence-electron chi connectivity index (χ2n) is 4.07. The summed E-state index contributed by atoms with van der Waals surface area (Å²) in [4.78, 5) is 3.99. The van der Waals surface area contributed by atoms with E-state index in [1.165, 1.54) is 12.3 Å². The molecule has 3 rings (SSSR count). The van der Waals surface area contributed by atoms with Crippen molar-refractivity contribution in [2.45, 2.75) is 6.10 Å². The Kier molecular flexibility index (Phi) is 3.04. The van der Waals surface area contributed by atoms with Crippen LogP contribution in [0.2, 0.25) is 0 Å². The first-order valence-corrected chi connectivity index (χ1v) is 6.36. The first-order chi connectivity index (χ1) is 9.16. The van der Waals surface area contributed by atoms with Crippen LogP contribution in [-0.4, -0.2) is 19.7 Å². The van der Waals surface area contributed by atoms with Gasteiger partial charge in [0.1, 0.15) is 11.9 Å². The highest BCUT2D eigenvalue weighted by Gasteiger charge is 2.19. The molecule has 1 atom stereocenters. The maximum Gasteiger partial charge on any atom is 0.129 e. The smallest absolute Gasteiger partial charge is 0.129 e. The standard InChI is InChI=1S/C13H9BrFN3O/c14-8-1-2-11(15)9(5-8)13(19)10-6-17-18-4-3-16-7-12(10)18/h1-7,13,19H. The largest absolute Gasteiger partial charge is 0.383 e. The van der Waals surface area contributed by atoms with Crippen LogP contribution in [0.25, 0.3) is 5.52 Å². The normalized spacial score (nSPS) is 12.8. The summed E-state index contributed by atoms with van der Waals surface area (Å²) >= 11 is 3.27. The molecule has 0 aliphatic heterocycles. The molecule has 0 bridgehead atoms. The summed E-state index contributed by atoms with van der Waals surface area (Å²) in [6, 6.07) is 4.45. The van der Waals surface area contributed by atoms with Gasteiger partial charge in [-0.3, -0.25) is 4.98 Å². The molecule has 1 aromatic carbocycles. The minimum Gasteiger partial charge on any atom is -0.383 e. The highest BCUT2D eigenvalue weighted by molar-refractivity contribution is 9.10. The molecule has 2 aromatic heterocycles. The Morgan fingerprint density at radius 1 is 1.26 bits per heavy atom. The predicted molar refractivity (Wildman–Crippen MR) is 71.1 cm³/mol. The number of nitrogens with zero attached hydrogens (tertiary/aromatic N) is 3. The van der Waals surface area contributed by atoms with Crippen molar-refractivity contribution in [3.8, 4) is 0 Å². The Bertz CT molecular complexity index is 744. The first kappa shape index (κ1) is 12.3. The highest BCUT2D eigenvalue weighted by Crippen LogP contribution is 2.29. The van der Waals surface area contributed by atoms with Crippen LogP contribution in [0.3, 0.4) is 0 Å². The van der Waals surface area contributed by atoms with Crippen molar-refractivity contribution in [3.63, 3.8) is 0 Å². The van der Waals surface area contributed by atoms with Crippen molar-refractivity contribution < 1.29 is 9.50 Å². The summed E-state index contributed by atoms with van der Waals surface area (Å²) < 4.78 is 16.1. The summed E-state index contributed by atoms with van der Waals surface area (Å²) in [6.07, 6.45) is 5.28. The van der Waals surface area contributed by atoms with Crippen molar-refractivity contribution in [3.05, 3.63) is 64.4 Å². The second kappa shape index (κ2) is 4.71. The fourth-order valence-electron chi connectivity index (χ4n) is 1.96. The van der Waals surface area contributed by atoms with Gasteiger partial charge in [0, 0.05) is 28.0 Å². The third kappa shape index (κ3) is 2.13. The molecule has 0 spiro atoms. The third-order valence-electron chi connectivity index (χ3n) is 2.90. The monoisotopic (exact) mass is 321 g/mol. The lowest BCUT2D eigenvalue weighted by atomic mass is 10.0. The Morgan fingerprint density at radius 2 is 2.11 bits per heavy atom. The van der Waals surface area contributed by atoms with Gasteiger partial charge in [-0.25, -0.2) is 8.91 Å². The van der Waals surface area contributed by atoms with Crippen LogP contribution in [0.1, 0.15) is 17.2 Å². The summed E-state index contributed by atoms with van der Waals surface area (Å²) in [5.74, 6) is -0.459. The van der Waals surface area contributed by atoms with E-state index < -0.39 is 11.9 Å². The second-order valence-corrected chi connectivity index (χ2v) is 4.99. The minimum absolute atomic E-state index is 0.202. The number of aromatic nitrogens is 3. The molecule has 6 heteroatoms. The van der Waals surface area contributed by atoms with Gasteiger partial charge in [-0.15, -0.1) is 0 Å². The Morgan fingerprint density at radius 3 is 2.95 bits per heavy atom. The molecule has 96 valence electrons. The van der Waals surface area contributed by atoms with Crippen LogP contribution in [0, 0.1) is 5.82 Å². The molecule has 0 aliphatic carbocycles. The van der Waals surface area contributed by atoms with Crippen molar-refractivity contribution in [2.24, 2.45) is 0 Å². The van der Waals surface area contributed by atoms with Crippen LogP contribution < -0.4 is 0 Å². The Hall–Kier alpha value is -1.79. The van der Waals surface area contributed by atoms with Gasteiger partial charge in [0.2, 0.25) is 0 Å². The van der Waals surface area contributed by atoms with E-state index in [9.17, 15) is 9.50 Å². The van der Waals surface area contributed by atoms with E-state index in [0.717, 1.165) is 0 Å². The topological polar surface area (TPSA) is 50.4 Å². The number of rotatable bonds is 2. The van der Waals surface area contributed by atoms with Gasteiger partial charge in [-0.1, -0.05) is 15.9 Å². The van der Waals surface area contributed by atoms with Gasteiger partial charge in [-0.05, 0) is 18.2 Å². The summed E-state index contributed by atoms with van der Waals surface area (Å²) in [6.45, 7) is 0. The number of hydrogen-bond acceptors (Lipinski definition) is 3. The zero-order chi connectivity index (χ0) is 13.4. The van der Waals surface area contributed by atoms with E-state index in [4.69, 9.17) is 0 Å². The lowest BCUT2D eigenvalue weighted by Crippen LogP contribution is -2.02. The molecular weight excluding hydrogens is 313 g/mol. The third-order valence-corrected chi connectivity index (χ3v) is 3.40. The maximum absolute atomic E-state index is 13.8. The molecule has 0 saturated carbocycles. The molecule has 3 aromatic rings.